The second kappa shape index (κ2) is 5.96. The molecule has 1 heterocycles. The highest BCUT2D eigenvalue weighted by Crippen LogP contribution is 2.37. The summed E-state index contributed by atoms with van der Waals surface area (Å²) in [5.41, 5.74) is -1.83. The van der Waals surface area contributed by atoms with Crippen LogP contribution in [0.15, 0.2) is 34.7 Å². The fraction of sp³-hybridized carbons (Fsp3) is 0.375. The third-order valence-corrected chi connectivity index (χ3v) is 4.20. The van der Waals surface area contributed by atoms with Gasteiger partial charge in [0.2, 0.25) is 0 Å². The number of rotatable bonds is 1. The third-order valence-electron chi connectivity index (χ3n) is 3.44. The van der Waals surface area contributed by atoms with Crippen LogP contribution in [-0.4, -0.2) is 26.8 Å². The van der Waals surface area contributed by atoms with Gasteiger partial charge in [0.05, 0.1) is 0 Å². The predicted octanol–water partition coefficient (Wildman–Crippen LogP) is 4.58. The van der Waals surface area contributed by atoms with E-state index in [1.807, 2.05) is 0 Å². The molecule has 0 saturated heterocycles. The van der Waals surface area contributed by atoms with Gasteiger partial charge in [0.25, 0.3) is 0 Å². The van der Waals surface area contributed by atoms with Crippen molar-refractivity contribution in [2.75, 3.05) is 0 Å². The molecular weight excluding hydrogens is 322 g/mol. The maximum Gasteiger partial charge on any atom is 0.413 e. The van der Waals surface area contributed by atoms with Crippen LogP contribution in [0.3, 0.4) is 0 Å². The number of halogens is 2. The summed E-state index contributed by atoms with van der Waals surface area (Å²) in [5.74, 6) is -1.94. The monoisotopic (exact) mass is 340 g/mol. The van der Waals surface area contributed by atoms with Gasteiger partial charge in [0.15, 0.2) is 16.8 Å². The van der Waals surface area contributed by atoms with Gasteiger partial charge in [0, 0.05) is 11.1 Å². The van der Waals surface area contributed by atoms with E-state index in [0.717, 1.165) is 22.7 Å². The van der Waals surface area contributed by atoms with Gasteiger partial charge in [-0.1, -0.05) is 23.9 Å². The van der Waals surface area contributed by atoms with Gasteiger partial charge in [-0.25, -0.2) is 18.6 Å². The number of carbonyl (C=O) groups is 1. The molecule has 0 bridgehead atoms. The first-order valence-corrected chi connectivity index (χ1v) is 7.86. The minimum Gasteiger partial charge on any atom is -0.465 e. The van der Waals surface area contributed by atoms with Gasteiger partial charge in [-0.15, -0.1) is 0 Å². The van der Waals surface area contributed by atoms with E-state index in [9.17, 15) is 18.7 Å². The molecule has 7 heteroatoms. The van der Waals surface area contributed by atoms with E-state index in [2.05, 4.69) is 4.99 Å². The van der Waals surface area contributed by atoms with Gasteiger partial charge in [-0.3, -0.25) is 4.90 Å². The Balaban J connectivity index is 2.54. The molecule has 0 aromatic heterocycles. The zero-order chi connectivity index (χ0) is 17.4. The summed E-state index contributed by atoms with van der Waals surface area (Å²) in [6.07, 6.45) is 0.475. The fourth-order valence-electron chi connectivity index (χ4n) is 2.29. The summed E-state index contributed by atoms with van der Waals surface area (Å²) >= 11 is 1.13. The number of amides is 1. The molecule has 1 atom stereocenters. The van der Waals surface area contributed by atoms with Crippen LogP contribution < -0.4 is 0 Å². The molecule has 1 aromatic carbocycles. The van der Waals surface area contributed by atoms with E-state index in [4.69, 9.17) is 0 Å². The third kappa shape index (κ3) is 3.39. The van der Waals surface area contributed by atoms with Crippen LogP contribution in [0, 0.1) is 11.6 Å². The van der Waals surface area contributed by atoms with Crippen LogP contribution in [0.5, 0.6) is 0 Å². The highest BCUT2D eigenvalue weighted by Gasteiger charge is 2.36. The maximum absolute atomic E-state index is 14.1. The van der Waals surface area contributed by atoms with E-state index in [0.29, 0.717) is 0 Å². The van der Waals surface area contributed by atoms with Crippen LogP contribution in [0.2, 0.25) is 0 Å². The molecule has 1 aliphatic heterocycles. The second-order valence-corrected chi connectivity index (χ2v) is 7.23. The first-order valence-electron chi connectivity index (χ1n) is 6.98. The molecule has 1 aromatic rings. The lowest BCUT2D eigenvalue weighted by molar-refractivity contribution is 0.142. The molecule has 4 nitrogen and oxygen atoms in total. The van der Waals surface area contributed by atoms with Crippen molar-refractivity contribution in [3.8, 4) is 0 Å². The zero-order valence-corrected chi connectivity index (χ0v) is 14.1. The van der Waals surface area contributed by atoms with E-state index in [1.165, 1.54) is 12.1 Å². The standard InChI is InChI=1S/C16H18F2N2O2S/c1-15(2,3)20(14(21)22)13-19-16(4,8-9-23-13)10-6-5-7-11(17)12(10)18/h5-9H,1-4H3,(H,21,22)/t16-/m0/s1. The van der Waals surface area contributed by atoms with Crippen LogP contribution in [0.25, 0.3) is 0 Å². The van der Waals surface area contributed by atoms with E-state index >= 15 is 0 Å². The Bertz CT molecular complexity index is 698. The van der Waals surface area contributed by atoms with E-state index in [1.54, 1.807) is 39.2 Å². The van der Waals surface area contributed by atoms with Crippen molar-refractivity contribution in [3.63, 3.8) is 0 Å². The highest BCUT2D eigenvalue weighted by molar-refractivity contribution is 8.16. The van der Waals surface area contributed by atoms with Crippen molar-refractivity contribution in [2.24, 2.45) is 4.99 Å². The first kappa shape index (κ1) is 17.5. The van der Waals surface area contributed by atoms with Crippen molar-refractivity contribution in [1.29, 1.82) is 0 Å². The van der Waals surface area contributed by atoms with Crippen molar-refractivity contribution in [2.45, 2.75) is 38.8 Å². The summed E-state index contributed by atoms with van der Waals surface area (Å²) in [6.45, 7) is 6.83. The molecule has 124 valence electrons. The number of carboxylic acid groups (broad SMARTS) is 1. The lowest BCUT2D eigenvalue weighted by atomic mass is 9.92. The highest BCUT2D eigenvalue weighted by atomic mass is 32.2. The molecule has 0 aliphatic carbocycles. The van der Waals surface area contributed by atoms with Crippen LogP contribution in [-0.2, 0) is 5.54 Å². The summed E-state index contributed by atoms with van der Waals surface area (Å²) < 4.78 is 27.7. The summed E-state index contributed by atoms with van der Waals surface area (Å²) in [7, 11) is 0. The largest absolute Gasteiger partial charge is 0.465 e. The Morgan fingerprint density at radius 1 is 1.35 bits per heavy atom. The number of thioether (sulfide) groups is 1. The SMILES string of the molecule is CC(C)(C)N(C(=O)O)C1=N[C@](C)(c2cccc(F)c2F)C=CS1. The quantitative estimate of drug-likeness (QED) is 0.814. The molecule has 0 saturated carbocycles. The molecule has 0 radical (unpaired) electrons. The van der Waals surface area contributed by atoms with E-state index in [-0.39, 0.29) is 10.7 Å². The lowest BCUT2D eigenvalue weighted by Gasteiger charge is -2.36. The fourth-order valence-corrected chi connectivity index (χ4v) is 3.45. The van der Waals surface area contributed by atoms with E-state index < -0.39 is 28.8 Å². The molecule has 0 fully saturated rings. The minimum absolute atomic E-state index is 0.0609. The maximum atomic E-state index is 14.1. The molecule has 1 aliphatic rings. The zero-order valence-electron chi connectivity index (χ0n) is 13.3. The number of amidine groups is 1. The van der Waals surface area contributed by atoms with Gasteiger partial charge >= 0.3 is 6.09 Å². The summed E-state index contributed by atoms with van der Waals surface area (Å²) in [5, 5.41) is 11.3. The van der Waals surface area contributed by atoms with Gasteiger partial charge < -0.3 is 5.11 Å². The number of nitrogens with zero attached hydrogens (tertiary/aromatic N) is 2. The van der Waals surface area contributed by atoms with Crippen LogP contribution in [0.1, 0.15) is 33.3 Å². The predicted molar refractivity (Wildman–Crippen MR) is 87.5 cm³/mol. The van der Waals surface area contributed by atoms with Gasteiger partial charge in [0.1, 0.15) is 5.54 Å². The Morgan fingerprint density at radius 3 is 2.57 bits per heavy atom. The van der Waals surface area contributed by atoms with Crippen molar-refractivity contribution >= 4 is 23.0 Å². The number of aliphatic imine (C=N–C) groups is 1. The van der Waals surface area contributed by atoms with Crippen molar-refractivity contribution < 1.29 is 18.7 Å². The normalized spacial score (nSPS) is 21.0. The average molecular weight is 340 g/mol. The average Bonchev–Trinajstić information content (AvgIpc) is 2.39. The molecular formula is C16H18F2N2O2S. The minimum atomic E-state index is -1.17. The molecule has 23 heavy (non-hydrogen) atoms. The number of hydrogen-bond donors (Lipinski definition) is 1. The van der Waals surface area contributed by atoms with Crippen molar-refractivity contribution in [3.05, 3.63) is 46.9 Å². The second-order valence-electron chi connectivity index (χ2n) is 6.35. The molecule has 0 unspecified atom stereocenters. The topological polar surface area (TPSA) is 52.9 Å². The summed E-state index contributed by atoms with van der Waals surface area (Å²) in [6, 6.07) is 3.89. The molecule has 1 amide bonds. The Hall–Kier alpha value is -1.89. The first-order chi connectivity index (χ1) is 10.6. The smallest absolute Gasteiger partial charge is 0.413 e. The number of hydrogen-bond acceptors (Lipinski definition) is 3. The number of benzene rings is 1. The lowest BCUT2D eigenvalue weighted by Crippen LogP contribution is -2.48. The Labute approximate surface area is 137 Å². The molecule has 2 rings (SSSR count). The molecule has 1 N–H and O–H groups in total. The molecule has 0 spiro atoms. The Morgan fingerprint density at radius 2 is 2.00 bits per heavy atom. The Kier molecular flexibility index (Phi) is 4.52. The van der Waals surface area contributed by atoms with Crippen LogP contribution >= 0.6 is 11.8 Å². The van der Waals surface area contributed by atoms with Crippen LogP contribution in [0.4, 0.5) is 13.6 Å². The van der Waals surface area contributed by atoms with Crippen molar-refractivity contribution in [1.82, 2.24) is 4.90 Å². The van der Waals surface area contributed by atoms with Gasteiger partial charge in [-0.05, 0) is 45.2 Å². The summed E-state index contributed by atoms with van der Waals surface area (Å²) in [4.78, 5) is 17.1. The van der Waals surface area contributed by atoms with Gasteiger partial charge in [-0.2, -0.15) is 0 Å².